The van der Waals surface area contributed by atoms with E-state index >= 15 is 0 Å². The molecule has 41 heavy (non-hydrogen) atoms. The number of azide groups is 1. The van der Waals surface area contributed by atoms with E-state index in [1.165, 1.54) is 0 Å². The quantitative estimate of drug-likeness (QED) is 0.0967. The predicted octanol–water partition coefficient (Wildman–Crippen LogP) is 6.61. The third-order valence-electron chi connectivity index (χ3n) is 7.78. The van der Waals surface area contributed by atoms with Gasteiger partial charge in [0.15, 0.2) is 0 Å². The molecule has 1 heterocycles. The molecule has 4 rings (SSSR count). The Kier molecular flexibility index (Phi) is 11.2. The van der Waals surface area contributed by atoms with Gasteiger partial charge in [-0.25, -0.2) is 0 Å². The summed E-state index contributed by atoms with van der Waals surface area (Å²) in [5, 5.41) is 3.98. The normalized spacial score (nSPS) is 23.1. The van der Waals surface area contributed by atoms with Gasteiger partial charge in [0.05, 0.1) is 0 Å². The summed E-state index contributed by atoms with van der Waals surface area (Å²) in [5.74, 6) is 0. The minimum atomic E-state index is -2.08. The fraction of sp³-hybridized carbons (Fsp3) is 0.438. The number of nitrogens with zero attached hydrogens (tertiary/aromatic N) is 3. The van der Waals surface area contributed by atoms with E-state index in [1.54, 1.807) is 0 Å². The average molecular weight is 639 g/mol. The Morgan fingerprint density at radius 3 is 1.85 bits per heavy atom. The van der Waals surface area contributed by atoms with Crippen molar-refractivity contribution in [3.8, 4) is 0 Å². The Morgan fingerprint density at radius 1 is 0.829 bits per heavy atom. The van der Waals surface area contributed by atoms with Gasteiger partial charge in [0.25, 0.3) is 0 Å². The van der Waals surface area contributed by atoms with Gasteiger partial charge in [-0.3, -0.25) is 0 Å². The molecule has 0 unspecified atom stereocenters. The number of benzene rings is 3. The van der Waals surface area contributed by atoms with Crippen molar-refractivity contribution in [3.05, 3.63) is 113 Å². The Labute approximate surface area is 251 Å². The molecule has 0 amide bonds. The molecular formula is C32H41N3O4SeSi. The molecule has 0 bridgehead atoms. The third kappa shape index (κ3) is 8.77. The third-order valence-corrected chi connectivity index (χ3v) is 14.7. The van der Waals surface area contributed by atoms with E-state index in [9.17, 15) is 5.53 Å². The van der Waals surface area contributed by atoms with Crippen molar-refractivity contribution in [2.75, 3.05) is 6.61 Å². The van der Waals surface area contributed by atoms with Gasteiger partial charge >= 0.3 is 252 Å². The van der Waals surface area contributed by atoms with E-state index in [-0.39, 0.29) is 25.0 Å². The summed E-state index contributed by atoms with van der Waals surface area (Å²) in [4.78, 5) is 3.25. The summed E-state index contributed by atoms with van der Waals surface area (Å²) in [5.41, 5.74) is 11.8. The minimum absolute atomic E-state index is 0.0479. The second-order valence-electron chi connectivity index (χ2n) is 11.8. The Bertz CT molecular complexity index is 1250. The van der Waals surface area contributed by atoms with Gasteiger partial charge in [0.2, 0.25) is 0 Å². The zero-order chi connectivity index (χ0) is 29.3. The van der Waals surface area contributed by atoms with Crippen molar-refractivity contribution in [2.45, 2.75) is 81.5 Å². The Hall–Kier alpha value is -2.45. The van der Waals surface area contributed by atoms with E-state index in [1.807, 2.05) is 78.9 Å². The second kappa shape index (κ2) is 14.6. The monoisotopic (exact) mass is 639 g/mol. The maximum absolute atomic E-state index is 9.66. The first-order valence-electron chi connectivity index (χ1n) is 14.0. The van der Waals surface area contributed by atoms with Crippen LogP contribution in [0.25, 0.3) is 10.4 Å². The molecule has 0 radical (unpaired) electrons. The van der Waals surface area contributed by atoms with Crippen molar-refractivity contribution in [1.82, 2.24) is 0 Å². The SMILES string of the molecule is CC(C)(C)[Si](C)(C)OC[C@H]1O[C@H]([Se]c2ccccc2)[C@H](N=[N+]=[N-])[C@@H](OCc2ccccc2)[C@H]1OCc1ccccc1. The van der Waals surface area contributed by atoms with E-state index in [2.05, 4.69) is 56.0 Å². The molecule has 0 aromatic heterocycles. The van der Waals surface area contributed by atoms with Crippen LogP contribution in [-0.4, -0.2) is 59.2 Å². The molecule has 0 saturated carbocycles. The maximum atomic E-state index is 9.66. The Balaban J connectivity index is 1.68. The van der Waals surface area contributed by atoms with E-state index < -0.39 is 32.7 Å². The van der Waals surface area contributed by atoms with Crippen LogP contribution in [0, 0.1) is 0 Å². The van der Waals surface area contributed by atoms with Crippen molar-refractivity contribution in [1.29, 1.82) is 0 Å². The molecule has 0 spiro atoms. The fourth-order valence-corrected chi connectivity index (χ4v) is 7.76. The summed E-state index contributed by atoms with van der Waals surface area (Å²) in [7, 11) is -2.08. The molecule has 9 heteroatoms. The Morgan fingerprint density at radius 2 is 1.34 bits per heavy atom. The second-order valence-corrected chi connectivity index (χ2v) is 19.0. The zero-order valence-corrected chi connectivity index (χ0v) is 27.3. The molecule has 5 atom stereocenters. The van der Waals surface area contributed by atoms with Crippen LogP contribution in [0.1, 0.15) is 31.9 Å². The molecule has 1 fully saturated rings. The molecule has 0 aliphatic carbocycles. The van der Waals surface area contributed by atoms with Gasteiger partial charge < -0.3 is 0 Å². The number of hydrogen-bond acceptors (Lipinski definition) is 5. The van der Waals surface area contributed by atoms with E-state index in [0.717, 1.165) is 15.6 Å². The van der Waals surface area contributed by atoms with Crippen LogP contribution in [0.4, 0.5) is 0 Å². The van der Waals surface area contributed by atoms with Crippen LogP contribution in [0.15, 0.2) is 96.1 Å². The molecule has 1 aliphatic heterocycles. The van der Waals surface area contributed by atoms with Crippen LogP contribution < -0.4 is 4.46 Å². The molecule has 1 saturated heterocycles. The molecule has 7 nitrogen and oxygen atoms in total. The van der Waals surface area contributed by atoms with Gasteiger partial charge in [-0.05, 0) is 0 Å². The first kappa shape index (κ1) is 31.5. The first-order valence-corrected chi connectivity index (χ1v) is 18.8. The summed E-state index contributed by atoms with van der Waals surface area (Å²) in [6.07, 6.45) is -1.41. The molecule has 1 aliphatic rings. The van der Waals surface area contributed by atoms with Gasteiger partial charge in [-0.15, -0.1) is 0 Å². The standard InChI is InChI=1S/C32H41N3O4SeSi/c1-32(2,3)41(4,5)38-23-27-29(36-21-24-15-9-6-10-16-24)30(37-22-25-17-11-7-12-18-25)28(34-35-33)31(39-27)40-26-19-13-8-14-20-26/h6-20,27-31H,21-23H2,1-5H3/t27-,28-,29+,30-,31-/m1/s1. The fourth-order valence-electron chi connectivity index (χ4n) is 4.37. The van der Waals surface area contributed by atoms with Gasteiger partial charge in [-0.1, -0.05) is 0 Å². The number of hydrogen-bond donors (Lipinski definition) is 0. The summed E-state index contributed by atoms with van der Waals surface area (Å²) in [6.45, 7) is 12.3. The topological polar surface area (TPSA) is 85.7 Å². The van der Waals surface area contributed by atoms with Gasteiger partial charge in [0, 0.05) is 0 Å². The van der Waals surface area contributed by atoms with Crippen LogP contribution in [0.3, 0.4) is 0 Å². The summed E-state index contributed by atoms with van der Waals surface area (Å²) in [6, 6.07) is 29.8. The van der Waals surface area contributed by atoms with E-state index in [0.29, 0.717) is 19.8 Å². The average Bonchev–Trinajstić information content (AvgIpc) is 2.96. The van der Waals surface area contributed by atoms with Crippen molar-refractivity contribution >= 4 is 27.7 Å². The summed E-state index contributed by atoms with van der Waals surface area (Å²) >= 11 is -0.131. The number of ether oxygens (including phenoxy) is 3. The molecule has 3 aromatic carbocycles. The predicted molar refractivity (Wildman–Crippen MR) is 167 cm³/mol. The van der Waals surface area contributed by atoms with Crippen molar-refractivity contribution in [3.63, 3.8) is 0 Å². The van der Waals surface area contributed by atoms with Gasteiger partial charge in [0.1, 0.15) is 0 Å². The van der Waals surface area contributed by atoms with Crippen LogP contribution in [0.5, 0.6) is 0 Å². The zero-order valence-electron chi connectivity index (χ0n) is 24.6. The van der Waals surface area contributed by atoms with Gasteiger partial charge in [-0.2, -0.15) is 0 Å². The number of rotatable bonds is 12. The molecule has 3 aromatic rings. The molecular weight excluding hydrogens is 597 g/mol. The van der Waals surface area contributed by atoms with Crippen LogP contribution >= 0.6 is 0 Å². The first-order chi connectivity index (χ1) is 19.7. The van der Waals surface area contributed by atoms with Crippen LogP contribution in [-0.2, 0) is 31.9 Å². The van der Waals surface area contributed by atoms with Crippen molar-refractivity contribution in [2.24, 2.45) is 5.11 Å². The molecule has 0 N–H and O–H groups in total. The van der Waals surface area contributed by atoms with E-state index in [4.69, 9.17) is 18.6 Å². The van der Waals surface area contributed by atoms with Crippen LogP contribution in [0.2, 0.25) is 18.1 Å². The summed E-state index contributed by atoms with van der Waals surface area (Å²) < 4.78 is 27.9. The van der Waals surface area contributed by atoms with Crippen molar-refractivity contribution < 1.29 is 18.6 Å². The molecule has 218 valence electrons.